The maximum absolute atomic E-state index is 12.8. The summed E-state index contributed by atoms with van der Waals surface area (Å²) in [7, 11) is 0. The van der Waals surface area contributed by atoms with Crippen molar-refractivity contribution in [1.82, 2.24) is 0 Å². The van der Waals surface area contributed by atoms with Gasteiger partial charge in [-0.1, -0.05) is 31.5 Å². The average Bonchev–Trinajstić information content (AvgIpc) is 2.62. The molecule has 1 atom stereocenters. The Morgan fingerprint density at radius 2 is 1.96 bits per heavy atom. The van der Waals surface area contributed by atoms with E-state index >= 15 is 0 Å². The number of hydrogen-bond acceptors (Lipinski definition) is 3. The first-order valence-electron chi connectivity index (χ1n) is 8.56. The van der Waals surface area contributed by atoms with Crippen molar-refractivity contribution in [2.75, 3.05) is 0 Å². The molecule has 0 bridgehead atoms. The van der Waals surface area contributed by atoms with Gasteiger partial charge in [-0.25, -0.2) is 0 Å². The van der Waals surface area contributed by atoms with Crippen molar-refractivity contribution in [1.29, 1.82) is 0 Å². The minimum absolute atomic E-state index is 0.222. The van der Waals surface area contributed by atoms with Crippen molar-refractivity contribution < 1.29 is 4.74 Å². The quantitative estimate of drug-likeness (QED) is 0.625. The van der Waals surface area contributed by atoms with Gasteiger partial charge in [0.25, 0.3) is 0 Å². The van der Waals surface area contributed by atoms with E-state index < -0.39 is 0 Å². The molecule has 3 aromatic rings. The second-order valence-electron chi connectivity index (χ2n) is 6.42. The molecule has 1 unspecified atom stereocenters. The highest BCUT2D eigenvalue weighted by Crippen LogP contribution is 2.34. The Kier molecular flexibility index (Phi) is 4.11. The number of para-hydroxylation sites is 1. The number of ether oxygens (including phenoxy) is 1. The van der Waals surface area contributed by atoms with E-state index in [2.05, 4.69) is 6.92 Å². The fraction of sp³-hybridized carbons (Fsp3) is 0.286. The normalized spacial score (nSPS) is 16.8. The highest BCUT2D eigenvalue weighted by atomic mass is 32.1. The molecular weight excluding hydrogens is 316 g/mol. The van der Waals surface area contributed by atoms with Crippen LogP contribution in [0, 0.1) is 5.92 Å². The summed E-state index contributed by atoms with van der Waals surface area (Å²) in [6.07, 6.45) is 4.31. The Morgan fingerprint density at radius 3 is 2.75 bits per heavy atom. The summed E-state index contributed by atoms with van der Waals surface area (Å²) in [5, 5.41) is 0.828. The standard InChI is InChI=1S/C21H20O2S/c1-2-14-8-10-17-19(12-14)24-20-13-16(9-11-18(20)21(17)22)23-15-6-4-3-5-7-15/h3-7,9,11,13-14H,2,8,10,12H2,1H3. The third-order valence-corrected chi connectivity index (χ3v) is 6.09. The molecule has 122 valence electrons. The highest BCUT2D eigenvalue weighted by Gasteiger charge is 2.21. The lowest BCUT2D eigenvalue weighted by molar-refractivity contribution is 0.448. The van der Waals surface area contributed by atoms with Gasteiger partial charge >= 0.3 is 0 Å². The molecule has 1 aliphatic rings. The predicted octanol–water partition coefficient (Wildman–Crippen LogP) is 5.57. The van der Waals surface area contributed by atoms with E-state index in [0.29, 0.717) is 5.92 Å². The number of rotatable bonds is 3. The highest BCUT2D eigenvalue weighted by molar-refractivity contribution is 7.18. The van der Waals surface area contributed by atoms with E-state index in [-0.39, 0.29) is 5.43 Å². The molecule has 2 nitrogen and oxygen atoms in total. The second kappa shape index (κ2) is 6.40. The Balaban J connectivity index is 1.75. The zero-order valence-electron chi connectivity index (χ0n) is 13.7. The lowest BCUT2D eigenvalue weighted by Gasteiger charge is -2.22. The molecule has 0 spiro atoms. The molecule has 0 saturated heterocycles. The first-order valence-corrected chi connectivity index (χ1v) is 9.37. The van der Waals surface area contributed by atoms with E-state index in [1.165, 1.54) is 11.3 Å². The van der Waals surface area contributed by atoms with Crippen LogP contribution in [0.4, 0.5) is 0 Å². The SMILES string of the molecule is CCC1CCc2c(sc3cc(Oc4ccccc4)ccc3c2=O)C1. The Hall–Kier alpha value is -2.13. The van der Waals surface area contributed by atoms with E-state index in [9.17, 15) is 4.79 Å². The van der Waals surface area contributed by atoms with Gasteiger partial charge in [-0.2, -0.15) is 0 Å². The minimum atomic E-state index is 0.222. The summed E-state index contributed by atoms with van der Waals surface area (Å²) in [5.41, 5.74) is 1.27. The summed E-state index contributed by atoms with van der Waals surface area (Å²) in [5.74, 6) is 2.31. The van der Waals surface area contributed by atoms with Gasteiger partial charge in [-0.3, -0.25) is 4.79 Å². The molecule has 1 heterocycles. The third kappa shape index (κ3) is 2.84. The van der Waals surface area contributed by atoms with E-state index in [0.717, 1.165) is 46.4 Å². The molecule has 1 aromatic heterocycles. The minimum Gasteiger partial charge on any atom is -0.457 e. The zero-order chi connectivity index (χ0) is 16.5. The monoisotopic (exact) mass is 336 g/mol. The molecule has 24 heavy (non-hydrogen) atoms. The first-order chi connectivity index (χ1) is 11.7. The van der Waals surface area contributed by atoms with Crippen molar-refractivity contribution >= 4 is 21.4 Å². The molecular formula is C21H20O2S. The molecule has 3 heteroatoms. The fourth-order valence-electron chi connectivity index (χ4n) is 3.43. The van der Waals surface area contributed by atoms with Crippen LogP contribution in [0.5, 0.6) is 11.5 Å². The molecule has 4 rings (SSSR count). The summed E-state index contributed by atoms with van der Waals surface area (Å²) < 4.78 is 6.95. The average molecular weight is 336 g/mol. The van der Waals surface area contributed by atoms with Crippen molar-refractivity contribution in [3.05, 3.63) is 69.2 Å². The zero-order valence-corrected chi connectivity index (χ0v) is 14.6. The van der Waals surface area contributed by atoms with Crippen LogP contribution in [0.3, 0.4) is 0 Å². The van der Waals surface area contributed by atoms with E-state index in [1.54, 1.807) is 11.3 Å². The van der Waals surface area contributed by atoms with Gasteiger partial charge in [0, 0.05) is 20.5 Å². The topological polar surface area (TPSA) is 26.3 Å². The predicted molar refractivity (Wildman–Crippen MR) is 100 cm³/mol. The maximum atomic E-state index is 12.8. The fourth-order valence-corrected chi connectivity index (χ4v) is 4.77. The van der Waals surface area contributed by atoms with Crippen LogP contribution in [-0.4, -0.2) is 0 Å². The molecule has 0 N–H and O–H groups in total. The van der Waals surface area contributed by atoms with Crippen LogP contribution in [0.1, 0.15) is 30.2 Å². The third-order valence-electron chi connectivity index (χ3n) is 4.87. The Morgan fingerprint density at radius 1 is 1.12 bits per heavy atom. The molecule has 0 fully saturated rings. The van der Waals surface area contributed by atoms with E-state index in [1.807, 2.05) is 48.5 Å². The van der Waals surface area contributed by atoms with Gasteiger partial charge in [-0.05, 0) is 55.5 Å². The van der Waals surface area contributed by atoms with Gasteiger partial charge < -0.3 is 4.74 Å². The molecule has 0 aliphatic heterocycles. The Bertz CT molecular complexity index is 928. The van der Waals surface area contributed by atoms with Gasteiger partial charge in [0.05, 0.1) is 0 Å². The van der Waals surface area contributed by atoms with Gasteiger partial charge in [-0.15, -0.1) is 11.3 Å². The molecule has 0 radical (unpaired) electrons. The summed E-state index contributed by atoms with van der Waals surface area (Å²) in [4.78, 5) is 14.1. The number of hydrogen-bond donors (Lipinski definition) is 0. The van der Waals surface area contributed by atoms with Gasteiger partial charge in [0.2, 0.25) is 0 Å². The molecule has 0 amide bonds. The lowest BCUT2D eigenvalue weighted by Crippen LogP contribution is -2.20. The summed E-state index contributed by atoms with van der Waals surface area (Å²) in [6, 6.07) is 15.6. The van der Waals surface area contributed by atoms with Crippen molar-refractivity contribution in [3.63, 3.8) is 0 Å². The van der Waals surface area contributed by atoms with Crippen LogP contribution >= 0.6 is 11.3 Å². The summed E-state index contributed by atoms with van der Waals surface area (Å²) >= 11 is 1.77. The van der Waals surface area contributed by atoms with Crippen LogP contribution in [-0.2, 0) is 12.8 Å². The Labute approximate surface area is 145 Å². The van der Waals surface area contributed by atoms with Crippen molar-refractivity contribution in [2.45, 2.75) is 32.6 Å². The van der Waals surface area contributed by atoms with Crippen LogP contribution in [0.25, 0.3) is 10.1 Å². The van der Waals surface area contributed by atoms with Crippen LogP contribution < -0.4 is 10.2 Å². The maximum Gasteiger partial charge on any atom is 0.191 e. The smallest absolute Gasteiger partial charge is 0.191 e. The number of fused-ring (bicyclic) bond motifs is 2. The van der Waals surface area contributed by atoms with E-state index in [4.69, 9.17) is 4.74 Å². The van der Waals surface area contributed by atoms with Gasteiger partial charge in [0.15, 0.2) is 5.43 Å². The molecule has 2 aromatic carbocycles. The number of benzene rings is 2. The molecule has 1 aliphatic carbocycles. The summed E-state index contributed by atoms with van der Waals surface area (Å²) in [6.45, 7) is 2.24. The van der Waals surface area contributed by atoms with Gasteiger partial charge in [0.1, 0.15) is 11.5 Å². The van der Waals surface area contributed by atoms with Crippen molar-refractivity contribution in [2.24, 2.45) is 5.92 Å². The largest absolute Gasteiger partial charge is 0.457 e. The van der Waals surface area contributed by atoms with Crippen molar-refractivity contribution in [3.8, 4) is 11.5 Å². The molecule has 0 saturated carbocycles. The first kappa shape index (κ1) is 15.4. The second-order valence-corrected chi connectivity index (χ2v) is 7.56. The van der Waals surface area contributed by atoms with Crippen LogP contribution in [0.2, 0.25) is 0 Å². The lowest BCUT2D eigenvalue weighted by atomic mass is 9.87. The van der Waals surface area contributed by atoms with Crippen LogP contribution in [0.15, 0.2) is 53.3 Å².